The molecular formula is C21H32N2O. The lowest BCUT2D eigenvalue weighted by Crippen LogP contribution is -2.45. The van der Waals surface area contributed by atoms with E-state index in [1.54, 1.807) is 0 Å². The van der Waals surface area contributed by atoms with Crippen LogP contribution in [0.25, 0.3) is 0 Å². The first-order valence-corrected chi connectivity index (χ1v) is 9.84. The molecule has 2 aliphatic rings. The summed E-state index contributed by atoms with van der Waals surface area (Å²) in [6, 6.07) is 8.49. The van der Waals surface area contributed by atoms with E-state index < -0.39 is 0 Å². The summed E-state index contributed by atoms with van der Waals surface area (Å²) in [4.78, 5) is 17.7. The van der Waals surface area contributed by atoms with Crippen LogP contribution >= 0.6 is 0 Å². The fourth-order valence-electron chi connectivity index (χ4n) is 4.12. The fourth-order valence-corrected chi connectivity index (χ4v) is 4.12. The smallest absolute Gasteiger partial charge is 0.254 e. The SMILES string of the molecule is Cc1ccc(C(=O)N2CCCCC2CCN2CCCCCC2)cc1. The molecule has 2 heterocycles. The molecule has 0 bridgehead atoms. The van der Waals surface area contributed by atoms with Gasteiger partial charge < -0.3 is 9.80 Å². The number of hydrogen-bond acceptors (Lipinski definition) is 2. The van der Waals surface area contributed by atoms with E-state index in [1.165, 1.54) is 57.2 Å². The summed E-state index contributed by atoms with van der Waals surface area (Å²) in [6.45, 7) is 6.65. The first-order valence-electron chi connectivity index (χ1n) is 9.84. The van der Waals surface area contributed by atoms with Crippen molar-refractivity contribution in [2.75, 3.05) is 26.2 Å². The van der Waals surface area contributed by atoms with E-state index in [2.05, 4.69) is 16.7 Å². The first-order chi connectivity index (χ1) is 11.7. The zero-order chi connectivity index (χ0) is 16.8. The van der Waals surface area contributed by atoms with Gasteiger partial charge in [-0.25, -0.2) is 0 Å². The number of aryl methyl sites for hydroxylation is 1. The van der Waals surface area contributed by atoms with Gasteiger partial charge in [0.25, 0.3) is 5.91 Å². The number of carbonyl (C=O) groups excluding carboxylic acids is 1. The second kappa shape index (κ2) is 8.66. The van der Waals surface area contributed by atoms with Gasteiger partial charge in [0.05, 0.1) is 0 Å². The van der Waals surface area contributed by atoms with Gasteiger partial charge in [-0.3, -0.25) is 4.79 Å². The van der Waals surface area contributed by atoms with Crippen molar-refractivity contribution < 1.29 is 4.79 Å². The van der Waals surface area contributed by atoms with E-state index >= 15 is 0 Å². The van der Waals surface area contributed by atoms with Crippen LogP contribution in [0, 0.1) is 6.92 Å². The van der Waals surface area contributed by atoms with Crippen LogP contribution in [0.2, 0.25) is 0 Å². The maximum atomic E-state index is 12.9. The van der Waals surface area contributed by atoms with Gasteiger partial charge in [0, 0.05) is 24.7 Å². The van der Waals surface area contributed by atoms with Gasteiger partial charge in [-0.15, -0.1) is 0 Å². The monoisotopic (exact) mass is 328 g/mol. The number of piperidine rings is 1. The van der Waals surface area contributed by atoms with Gasteiger partial charge in [-0.1, -0.05) is 30.5 Å². The van der Waals surface area contributed by atoms with Crippen LogP contribution in [0.4, 0.5) is 0 Å². The minimum atomic E-state index is 0.232. The molecule has 3 heteroatoms. The summed E-state index contributed by atoms with van der Waals surface area (Å²) in [7, 11) is 0. The third kappa shape index (κ3) is 4.60. The number of likely N-dealkylation sites (tertiary alicyclic amines) is 2. The predicted molar refractivity (Wildman–Crippen MR) is 99.4 cm³/mol. The molecule has 1 unspecified atom stereocenters. The number of nitrogens with zero attached hydrogens (tertiary/aromatic N) is 2. The number of amides is 1. The maximum Gasteiger partial charge on any atom is 0.254 e. The summed E-state index contributed by atoms with van der Waals surface area (Å²) < 4.78 is 0. The summed E-state index contributed by atoms with van der Waals surface area (Å²) in [5, 5.41) is 0. The van der Waals surface area contributed by atoms with Crippen molar-refractivity contribution in [2.24, 2.45) is 0 Å². The van der Waals surface area contributed by atoms with Gasteiger partial charge in [-0.2, -0.15) is 0 Å². The first kappa shape index (κ1) is 17.5. The number of carbonyl (C=O) groups is 1. The predicted octanol–water partition coefficient (Wildman–Crippen LogP) is 4.26. The molecular weight excluding hydrogens is 296 g/mol. The molecule has 1 atom stereocenters. The normalized spacial score (nSPS) is 23.0. The van der Waals surface area contributed by atoms with Gasteiger partial charge in [0.15, 0.2) is 0 Å². The van der Waals surface area contributed by atoms with E-state index in [0.29, 0.717) is 6.04 Å². The molecule has 3 rings (SSSR count). The summed E-state index contributed by atoms with van der Waals surface area (Å²) in [5.41, 5.74) is 2.06. The highest BCUT2D eigenvalue weighted by Gasteiger charge is 2.27. The molecule has 2 fully saturated rings. The average molecular weight is 329 g/mol. The third-order valence-corrected chi connectivity index (χ3v) is 5.66. The number of hydrogen-bond donors (Lipinski definition) is 0. The molecule has 0 spiro atoms. The second-order valence-electron chi connectivity index (χ2n) is 7.56. The van der Waals surface area contributed by atoms with Gasteiger partial charge >= 0.3 is 0 Å². The van der Waals surface area contributed by atoms with Crippen molar-refractivity contribution >= 4 is 5.91 Å². The molecule has 3 nitrogen and oxygen atoms in total. The largest absolute Gasteiger partial charge is 0.336 e. The van der Waals surface area contributed by atoms with E-state index in [1.807, 2.05) is 24.3 Å². The Morgan fingerprint density at radius 1 is 0.958 bits per heavy atom. The molecule has 24 heavy (non-hydrogen) atoms. The zero-order valence-electron chi connectivity index (χ0n) is 15.2. The van der Waals surface area contributed by atoms with E-state index in [4.69, 9.17) is 0 Å². The molecule has 2 saturated heterocycles. The van der Waals surface area contributed by atoms with Crippen molar-refractivity contribution in [1.82, 2.24) is 9.80 Å². The van der Waals surface area contributed by atoms with Crippen molar-refractivity contribution in [3.05, 3.63) is 35.4 Å². The van der Waals surface area contributed by atoms with Crippen molar-refractivity contribution in [3.8, 4) is 0 Å². The van der Waals surface area contributed by atoms with E-state index in [0.717, 1.165) is 31.5 Å². The minimum absolute atomic E-state index is 0.232. The lowest BCUT2D eigenvalue weighted by Gasteiger charge is -2.37. The quantitative estimate of drug-likeness (QED) is 0.824. The van der Waals surface area contributed by atoms with E-state index in [-0.39, 0.29) is 5.91 Å². The van der Waals surface area contributed by atoms with Crippen LogP contribution in [0.15, 0.2) is 24.3 Å². The Kier molecular flexibility index (Phi) is 6.30. The van der Waals surface area contributed by atoms with Crippen molar-refractivity contribution in [2.45, 2.75) is 64.3 Å². The second-order valence-corrected chi connectivity index (χ2v) is 7.56. The zero-order valence-corrected chi connectivity index (χ0v) is 15.2. The fraction of sp³-hybridized carbons (Fsp3) is 0.667. The van der Waals surface area contributed by atoms with Crippen LogP contribution in [-0.2, 0) is 0 Å². The van der Waals surface area contributed by atoms with Crippen molar-refractivity contribution in [3.63, 3.8) is 0 Å². The summed E-state index contributed by atoms with van der Waals surface area (Å²) in [5.74, 6) is 0.232. The lowest BCUT2D eigenvalue weighted by molar-refractivity contribution is 0.0584. The van der Waals surface area contributed by atoms with Crippen molar-refractivity contribution in [1.29, 1.82) is 0 Å². The van der Waals surface area contributed by atoms with Crippen LogP contribution in [0.5, 0.6) is 0 Å². The standard InChI is InChI=1S/C21H32N2O/c1-18-9-11-19(12-10-18)21(24)23-16-7-4-8-20(23)13-17-22-14-5-2-3-6-15-22/h9-12,20H,2-8,13-17H2,1H3. The molecule has 0 aromatic heterocycles. The average Bonchev–Trinajstić information content (AvgIpc) is 2.89. The molecule has 0 saturated carbocycles. The number of benzene rings is 1. The highest BCUT2D eigenvalue weighted by atomic mass is 16.2. The van der Waals surface area contributed by atoms with E-state index in [9.17, 15) is 4.79 Å². The highest BCUT2D eigenvalue weighted by Crippen LogP contribution is 2.23. The lowest BCUT2D eigenvalue weighted by atomic mass is 9.97. The number of rotatable bonds is 4. The molecule has 1 aromatic carbocycles. The molecule has 1 amide bonds. The Morgan fingerprint density at radius 3 is 2.33 bits per heavy atom. The molecule has 0 radical (unpaired) electrons. The Balaban J connectivity index is 1.60. The van der Waals surface area contributed by atoms with Gasteiger partial charge in [0.1, 0.15) is 0 Å². The molecule has 0 aliphatic carbocycles. The summed E-state index contributed by atoms with van der Waals surface area (Å²) >= 11 is 0. The Morgan fingerprint density at radius 2 is 1.62 bits per heavy atom. The molecule has 132 valence electrons. The third-order valence-electron chi connectivity index (χ3n) is 5.66. The van der Waals surface area contributed by atoms with Crippen LogP contribution in [-0.4, -0.2) is 47.9 Å². The van der Waals surface area contributed by atoms with Crippen LogP contribution in [0.1, 0.15) is 67.3 Å². The van der Waals surface area contributed by atoms with Gasteiger partial charge in [-0.05, 0) is 70.7 Å². The molecule has 1 aromatic rings. The summed E-state index contributed by atoms with van der Waals surface area (Å²) in [6.07, 6.45) is 10.2. The Bertz CT molecular complexity index is 517. The molecule has 0 N–H and O–H groups in total. The molecule has 2 aliphatic heterocycles. The highest BCUT2D eigenvalue weighted by molar-refractivity contribution is 5.94. The maximum absolute atomic E-state index is 12.9. The minimum Gasteiger partial charge on any atom is -0.336 e. The van der Waals surface area contributed by atoms with Crippen LogP contribution in [0.3, 0.4) is 0 Å². The van der Waals surface area contributed by atoms with Crippen LogP contribution < -0.4 is 0 Å². The topological polar surface area (TPSA) is 23.6 Å². The Hall–Kier alpha value is -1.35. The van der Waals surface area contributed by atoms with Gasteiger partial charge in [0.2, 0.25) is 0 Å². The Labute approximate surface area is 147 Å².